The number of likely N-dealkylation sites (tertiary alicyclic amines) is 1. The van der Waals surface area contributed by atoms with E-state index in [1.807, 2.05) is 24.0 Å². The van der Waals surface area contributed by atoms with Crippen molar-refractivity contribution in [3.05, 3.63) is 30.1 Å². The average molecular weight is 247 g/mol. The van der Waals surface area contributed by atoms with Gasteiger partial charge in [-0.3, -0.25) is 15.1 Å². The Balaban J connectivity index is 1.90. The SMILES string of the molecule is CC(N[C@@H](C)c1ccncc1)C(=O)N1CCCC1. The first kappa shape index (κ1) is 13.0. The molecule has 1 amide bonds. The summed E-state index contributed by atoms with van der Waals surface area (Å²) in [6.07, 6.45) is 5.83. The zero-order valence-corrected chi connectivity index (χ0v) is 11.1. The van der Waals surface area contributed by atoms with Crippen molar-refractivity contribution in [1.29, 1.82) is 0 Å². The predicted molar refractivity (Wildman–Crippen MR) is 71.1 cm³/mol. The molecule has 1 fully saturated rings. The number of rotatable bonds is 4. The zero-order valence-electron chi connectivity index (χ0n) is 11.1. The van der Waals surface area contributed by atoms with Gasteiger partial charge in [0.2, 0.25) is 5.91 Å². The van der Waals surface area contributed by atoms with E-state index >= 15 is 0 Å². The van der Waals surface area contributed by atoms with Gasteiger partial charge >= 0.3 is 0 Å². The Morgan fingerprint density at radius 2 is 1.89 bits per heavy atom. The number of pyridine rings is 1. The molecule has 0 saturated carbocycles. The van der Waals surface area contributed by atoms with Crippen LogP contribution in [-0.4, -0.2) is 34.9 Å². The summed E-state index contributed by atoms with van der Waals surface area (Å²) < 4.78 is 0. The van der Waals surface area contributed by atoms with E-state index in [2.05, 4.69) is 17.2 Å². The van der Waals surface area contributed by atoms with Crippen LogP contribution in [0.5, 0.6) is 0 Å². The molecule has 2 atom stereocenters. The van der Waals surface area contributed by atoms with Gasteiger partial charge in [0.15, 0.2) is 0 Å². The van der Waals surface area contributed by atoms with Crippen LogP contribution in [0.4, 0.5) is 0 Å². The topological polar surface area (TPSA) is 45.2 Å². The molecule has 0 aromatic carbocycles. The lowest BCUT2D eigenvalue weighted by Crippen LogP contribution is -2.44. The van der Waals surface area contributed by atoms with Crippen molar-refractivity contribution in [2.45, 2.75) is 38.8 Å². The monoisotopic (exact) mass is 247 g/mol. The molecule has 0 radical (unpaired) electrons. The number of aromatic nitrogens is 1. The number of amides is 1. The molecule has 2 rings (SSSR count). The summed E-state index contributed by atoms with van der Waals surface area (Å²) in [6.45, 7) is 5.84. The van der Waals surface area contributed by atoms with E-state index in [0.717, 1.165) is 31.5 Å². The van der Waals surface area contributed by atoms with Gasteiger partial charge in [0.05, 0.1) is 6.04 Å². The standard InChI is InChI=1S/C14H21N3O/c1-11(13-5-7-15-8-6-13)16-12(2)14(18)17-9-3-4-10-17/h5-8,11-12,16H,3-4,9-10H2,1-2H3/t11-,12?/m0/s1. The van der Waals surface area contributed by atoms with Crippen LogP contribution in [0.15, 0.2) is 24.5 Å². The maximum atomic E-state index is 12.2. The highest BCUT2D eigenvalue weighted by atomic mass is 16.2. The quantitative estimate of drug-likeness (QED) is 0.881. The summed E-state index contributed by atoms with van der Waals surface area (Å²) in [4.78, 5) is 18.1. The van der Waals surface area contributed by atoms with Crippen LogP contribution >= 0.6 is 0 Å². The van der Waals surface area contributed by atoms with Crippen LogP contribution in [0.1, 0.15) is 38.3 Å². The largest absolute Gasteiger partial charge is 0.341 e. The van der Waals surface area contributed by atoms with E-state index < -0.39 is 0 Å². The summed E-state index contributed by atoms with van der Waals surface area (Å²) in [7, 11) is 0. The molecular weight excluding hydrogens is 226 g/mol. The summed E-state index contributed by atoms with van der Waals surface area (Å²) in [5.41, 5.74) is 1.16. The first-order chi connectivity index (χ1) is 8.68. The van der Waals surface area contributed by atoms with Gasteiger partial charge < -0.3 is 4.90 Å². The first-order valence-corrected chi connectivity index (χ1v) is 6.63. The van der Waals surface area contributed by atoms with E-state index in [9.17, 15) is 4.79 Å². The summed E-state index contributed by atoms with van der Waals surface area (Å²) >= 11 is 0. The van der Waals surface area contributed by atoms with E-state index in [-0.39, 0.29) is 18.0 Å². The Bertz CT molecular complexity index is 387. The van der Waals surface area contributed by atoms with E-state index in [1.54, 1.807) is 12.4 Å². The average Bonchev–Trinajstić information content (AvgIpc) is 2.92. The van der Waals surface area contributed by atoms with Gasteiger partial charge in [0.1, 0.15) is 0 Å². The molecule has 1 saturated heterocycles. The normalized spacial score (nSPS) is 18.7. The van der Waals surface area contributed by atoms with Crippen LogP contribution in [0.2, 0.25) is 0 Å². The van der Waals surface area contributed by atoms with Crippen molar-refractivity contribution < 1.29 is 4.79 Å². The minimum absolute atomic E-state index is 0.133. The predicted octanol–water partition coefficient (Wildman–Crippen LogP) is 1.74. The molecule has 18 heavy (non-hydrogen) atoms. The molecule has 2 heterocycles. The minimum atomic E-state index is -0.133. The van der Waals surface area contributed by atoms with Crippen LogP contribution in [-0.2, 0) is 4.79 Å². The third-order valence-electron chi connectivity index (χ3n) is 3.49. The Labute approximate surface area is 108 Å². The number of nitrogens with zero attached hydrogens (tertiary/aromatic N) is 2. The van der Waals surface area contributed by atoms with Crippen molar-refractivity contribution in [3.63, 3.8) is 0 Å². The maximum absolute atomic E-state index is 12.2. The Morgan fingerprint density at radius 1 is 1.28 bits per heavy atom. The molecule has 4 heteroatoms. The fraction of sp³-hybridized carbons (Fsp3) is 0.571. The zero-order chi connectivity index (χ0) is 13.0. The molecule has 4 nitrogen and oxygen atoms in total. The van der Waals surface area contributed by atoms with Crippen LogP contribution in [0.3, 0.4) is 0 Å². The van der Waals surface area contributed by atoms with Gasteiger partial charge in [0, 0.05) is 31.5 Å². The van der Waals surface area contributed by atoms with E-state index in [1.165, 1.54) is 0 Å². The highest BCUT2D eigenvalue weighted by molar-refractivity contribution is 5.81. The molecule has 0 spiro atoms. The van der Waals surface area contributed by atoms with Crippen LogP contribution in [0.25, 0.3) is 0 Å². The highest BCUT2D eigenvalue weighted by Crippen LogP contribution is 2.13. The Kier molecular flexibility index (Phi) is 4.31. The van der Waals surface area contributed by atoms with Gasteiger partial charge in [-0.25, -0.2) is 0 Å². The Hall–Kier alpha value is -1.42. The second kappa shape index (κ2) is 5.96. The van der Waals surface area contributed by atoms with Crippen LogP contribution < -0.4 is 5.32 Å². The lowest BCUT2D eigenvalue weighted by atomic mass is 10.1. The van der Waals surface area contributed by atoms with Gasteiger partial charge in [-0.2, -0.15) is 0 Å². The molecule has 1 aliphatic rings. The minimum Gasteiger partial charge on any atom is -0.341 e. The number of hydrogen-bond donors (Lipinski definition) is 1. The molecule has 1 N–H and O–H groups in total. The molecule has 98 valence electrons. The highest BCUT2D eigenvalue weighted by Gasteiger charge is 2.24. The smallest absolute Gasteiger partial charge is 0.239 e. The fourth-order valence-corrected chi connectivity index (χ4v) is 2.41. The summed E-state index contributed by atoms with van der Waals surface area (Å²) in [5, 5.41) is 3.35. The lowest BCUT2D eigenvalue weighted by molar-refractivity contribution is -0.132. The number of carbonyl (C=O) groups excluding carboxylic acids is 1. The molecule has 1 aromatic rings. The Morgan fingerprint density at radius 3 is 2.50 bits per heavy atom. The lowest BCUT2D eigenvalue weighted by Gasteiger charge is -2.24. The number of nitrogens with one attached hydrogen (secondary N) is 1. The van der Waals surface area contributed by atoms with Gasteiger partial charge in [-0.15, -0.1) is 0 Å². The number of carbonyl (C=O) groups is 1. The molecular formula is C14H21N3O. The van der Waals surface area contributed by atoms with Crippen LogP contribution in [0, 0.1) is 0 Å². The number of hydrogen-bond acceptors (Lipinski definition) is 3. The first-order valence-electron chi connectivity index (χ1n) is 6.63. The second-order valence-corrected chi connectivity index (χ2v) is 4.92. The molecule has 1 unspecified atom stereocenters. The van der Waals surface area contributed by atoms with Gasteiger partial charge in [-0.05, 0) is 44.4 Å². The van der Waals surface area contributed by atoms with E-state index in [0.29, 0.717) is 0 Å². The summed E-state index contributed by atoms with van der Waals surface area (Å²) in [5.74, 6) is 0.216. The van der Waals surface area contributed by atoms with Crippen molar-refractivity contribution in [1.82, 2.24) is 15.2 Å². The third-order valence-corrected chi connectivity index (χ3v) is 3.49. The second-order valence-electron chi connectivity index (χ2n) is 4.92. The van der Waals surface area contributed by atoms with E-state index in [4.69, 9.17) is 0 Å². The summed E-state index contributed by atoms with van der Waals surface area (Å²) in [6, 6.07) is 3.98. The molecule has 1 aromatic heterocycles. The molecule has 1 aliphatic heterocycles. The maximum Gasteiger partial charge on any atom is 0.239 e. The van der Waals surface area contributed by atoms with Crippen molar-refractivity contribution in [2.75, 3.05) is 13.1 Å². The van der Waals surface area contributed by atoms with Gasteiger partial charge in [-0.1, -0.05) is 0 Å². The van der Waals surface area contributed by atoms with Crippen molar-refractivity contribution in [2.24, 2.45) is 0 Å². The fourth-order valence-electron chi connectivity index (χ4n) is 2.41. The molecule has 0 aliphatic carbocycles. The van der Waals surface area contributed by atoms with Crippen molar-refractivity contribution >= 4 is 5.91 Å². The molecule has 0 bridgehead atoms. The van der Waals surface area contributed by atoms with Gasteiger partial charge in [0.25, 0.3) is 0 Å². The third kappa shape index (κ3) is 3.07. The van der Waals surface area contributed by atoms with Crippen molar-refractivity contribution in [3.8, 4) is 0 Å².